The van der Waals surface area contributed by atoms with E-state index in [-0.39, 0.29) is 18.0 Å². The molecule has 1 heterocycles. The van der Waals surface area contributed by atoms with Crippen LogP contribution in [-0.2, 0) is 4.79 Å². The van der Waals surface area contributed by atoms with Gasteiger partial charge in [-0.25, -0.2) is 4.79 Å². The monoisotopic (exact) mass is 170 g/mol. The summed E-state index contributed by atoms with van der Waals surface area (Å²) in [6.07, 6.45) is 0.405. The molecule has 1 atom stereocenters. The van der Waals surface area contributed by atoms with Crippen LogP contribution in [0.4, 0.5) is 4.79 Å². The van der Waals surface area contributed by atoms with E-state index in [1.807, 2.05) is 6.92 Å². The van der Waals surface area contributed by atoms with E-state index < -0.39 is 0 Å². The van der Waals surface area contributed by atoms with Crippen molar-refractivity contribution in [2.24, 2.45) is 0 Å². The Bertz CT molecular complexity index is 173. The summed E-state index contributed by atoms with van der Waals surface area (Å²) in [4.78, 5) is 22.8. The van der Waals surface area contributed by atoms with Crippen LogP contribution in [0.5, 0.6) is 0 Å². The third-order valence-electron chi connectivity index (χ3n) is 1.53. The maximum atomic E-state index is 10.9. The minimum absolute atomic E-state index is 0.0174. The molecular formula is C8H14N2O2. The molecular weight excluding hydrogens is 156 g/mol. The van der Waals surface area contributed by atoms with Crippen LogP contribution >= 0.6 is 0 Å². The first-order valence-electron chi connectivity index (χ1n) is 3.68. The Labute approximate surface area is 72.2 Å². The summed E-state index contributed by atoms with van der Waals surface area (Å²) >= 11 is 0. The van der Waals surface area contributed by atoms with E-state index in [2.05, 4.69) is 18.5 Å². The maximum Gasteiger partial charge on any atom is 0.324 e. The third kappa shape index (κ3) is 2.38. The van der Waals surface area contributed by atoms with Crippen LogP contribution in [0.25, 0.3) is 0 Å². The fraction of sp³-hybridized carbons (Fsp3) is 0.500. The summed E-state index contributed by atoms with van der Waals surface area (Å²) in [6.45, 7) is 7.81. The van der Waals surface area contributed by atoms with E-state index in [9.17, 15) is 9.59 Å². The molecule has 0 spiro atoms. The summed E-state index contributed by atoms with van der Waals surface area (Å²) in [5, 5.41) is 2.63. The summed E-state index contributed by atoms with van der Waals surface area (Å²) in [6, 6.07) is -0.319. The molecule has 1 fully saturated rings. The molecule has 3 amide bonds. The lowest BCUT2D eigenvalue weighted by molar-refractivity contribution is -0.128. The van der Waals surface area contributed by atoms with Crippen molar-refractivity contribution in [3.05, 3.63) is 13.2 Å². The van der Waals surface area contributed by atoms with Crippen molar-refractivity contribution < 1.29 is 9.59 Å². The second-order valence-corrected chi connectivity index (χ2v) is 2.51. The Morgan fingerprint density at radius 1 is 1.50 bits per heavy atom. The van der Waals surface area contributed by atoms with Gasteiger partial charge in [-0.05, 0) is 6.92 Å². The van der Waals surface area contributed by atoms with E-state index in [0.29, 0.717) is 6.42 Å². The van der Waals surface area contributed by atoms with Crippen molar-refractivity contribution >= 4 is 11.9 Å². The van der Waals surface area contributed by atoms with E-state index in [1.54, 1.807) is 0 Å². The van der Waals surface area contributed by atoms with E-state index in [1.165, 1.54) is 7.05 Å². The van der Waals surface area contributed by atoms with Gasteiger partial charge < -0.3 is 5.32 Å². The van der Waals surface area contributed by atoms with Gasteiger partial charge >= 0.3 is 6.03 Å². The Kier molecular flexibility index (Phi) is 4.04. The summed E-state index contributed by atoms with van der Waals surface area (Å²) in [5.41, 5.74) is 0. The second-order valence-electron chi connectivity index (χ2n) is 2.51. The molecule has 0 aromatic rings. The quantitative estimate of drug-likeness (QED) is 0.545. The van der Waals surface area contributed by atoms with Crippen molar-refractivity contribution in [2.75, 3.05) is 7.05 Å². The SMILES string of the molecule is C=C.CC1CC(=O)N(C)C(=O)N1. The molecule has 1 aliphatic heterocycles. The third-order valence-corrected chi connectivity index (χ3v) is 1.53. The highest BCUT2D eigenvalue weighted by Gasteiger charge is 2.25. The fourth-order valence-corrected chi connectivity index (χ4v) is 0.871. The largest absolute Gasteiger partial charge is 0.335 e. The fourth-order valence-electron chi connectivity index (χ4n) is 0.871. The van der Waals surface area contributed by atoms with Gasteiger partial charge in [-0.1, -0.05) is 0 Å². The van der Waals surface area contributed by atoms with Gasteiger partial charge in [0.15, 0.2) is 0 Å². The number of hydrogen-bond donors (Lipinski definition) is 1. The van der Waals surface area contributed by atoms with Gasteiger partial charge in [-0.3, -0.25) is 9.69 Å². The van der Waals surface area contributed by atoms with E-state index in [0.717, 1.165) is 4.90 Å². The van der Waals surface area contributed by atoms with Gasteiger partial charge in [0.25, 0.3) is 0 Å². The lowest BCUT2D eigenvalue weighted by atomic mass is 10.2. The van der Waals surface area contributed by atoms with Crippen molar-refractivity contribution in [1.82, 2.24) is 10.2 Å². The van der Waals surface area contributed by atoms with Crippen LogP contribution in [0.15, 0.2) is 13.2 Å². The van der Waals surface area contributed by atoms with Crippen molar-refractivity contribution in [3.63, 3.8) is 0 Å². The predicted octanol–water partition coefficient (Wildman–Crippen LogP) is 0.749. The first kappa shape index (κ1) is 10.7. The smallest absolute Gasteiger partial charge is 0.324 e. The van der Waals surface area contributed by atoms with Gasteiger partial charge in [-0.2, -0.15) is 0 Å². The molecule has 12 heavy (non-hydrogen) atoms. The molecule has 1 saturated heterocycles. The summed E-state index contributed by atoms with van der Waals surface area (Å²) in [7, 11) is 1.48. The molecule has 4 heteroatoms. The van der Waals surface area contributed by atoms with Crippen LogP contribution in [0.1, 0.15) is 13.3 Å². The zero-order valence-electron chi connectivity index (χ0n) is 7.46. The number of urea groups is 1. The molecule has 1 rings (SSSR count). The summed E-state index contributed by atoms with van der Waals surface area (Å²) < 4.78 is 0. The van der Waals surface area contributed by atoms with Gasteiger partial charge in [0.2, 0.25) is 5.91 Å². The highest BCUT2D eigenvalue weighted by Crippen LogP contribution is 2.03. The normalized spacial score (nSPS) is 22.5. The topological polar surface area (TPSA) is 49.4 Å². The summed E-state index contributed by atoms with van der Waals surface area (Å²) in [5.74, 6) is -0.115. The standard InChI is InChI=1S/C6H10N2O2.C2H4/c1-4-3-5(9)8(2)6(10)7-4;1-2/h4H,3H2,1-2H3,(H,7,10);1-2H2. The first-order chi connectivity index (χ1) is 5.61. The first-order valence-corrected chi connectivity index (χ1v) is 3.68. The average Bonchev–Trinajstić information content (AvgIpc) is 2.04. The van der Waals surface area contributed by atoms with Crippen molar-refractivity contribution in [3.8, 4) is 0 Å². The molecule has 0 saturated carbocycles. The molecule has 0 bridgehead atoms. The minimum Gasteiger partial charge on any atom is -0.335 e. The average molecular weight is 170 g/mol. The van der Waals surface area contributed by atoms with E-state index >= 15 is 0 Å². The zero-order chi connectivity index (χ0) is 9.72. The number of amides is 3. The molecule has 1 aliphatic rings. The van der Waals surface area contributed by atoms with E-state index in [4.69, 9.17) is 0 Å². The number of nitrogens with zero attached hydrogens (tertiary/aromatic N) is 1. The van der Waals surface area contributed by atoms with Gasteiger partial charge in [0.05, 0.1) is 0 Å². The van der Waals surface area contributed by atoms with Crippen molar-refractivity contribution in [2.45, 2.75) is 19.4 Å². The number of carbonyl (C=O) groups excluding carboxylic acids is 2. The molecule has 1 unspecified atom stereocenters. The van der Waals surface area contributed by atoms with Crippen molar-refractivity contribution in [1.29, 1.82) is 0 Å². The molecule has 68 valence electrons. The number of rotatable bonds is 0. The Morgan fingerprint density at radius 3 is 2.42 bits per heavy atom. The molecule has 1 N–H and O–H groups in total. The maximum absolute atomic E-state index is 10.9. The Morgan fingerprint density at radius 2 is 2.00 bits per heavy atom. The molecule has 0 aliphatic carbocycles. The van der Waals surface area contributed by atoms with Gasteiger partial charge in [0, 0.05) is 19.5 Å². The van der Waals surface area contributed by atoms with Gasteiger partial charge in [0.1, 0.15) is 0 Å². The molecule has 4 nitrogen and oxygen atoms in total. The zero-order valence-corrected chi connectivity index (χ0v) is 7.46. The van der Waals surface area contributed by atoms with Crippen LogP contribution in [0, 0.1) is 0 Å². The number of hydrogen-bond acceptors (Lipinski definition) is 2. The van der Waals surface area contributed by atoms with Crippen LogP contribution < -0.4 is 5.32 Å². The van der Waals surface area contributed by atoms with Crippen LogP contribution in [0.3, 0.4) is 0 Å². The Balaban J connectivity index is 0.000000561. The number of imide groups is 1. The minimum atomic E-state index is -0.302. The van der Waals surface area contributed by atoms with Gasteiger partial charge in [-0.15, -0.1) is 13.2 Å². The highest BCUT2D eigenvalue weighted by atomic mass is 16.2. The number of carbonyl (C=O) groups is 2. The van der Waals surface area contributed by atoms with Crippen LogP contribution in [-0.4, -0.2) is 29.9 Å². The highest BCUT2D eigenvalue weighted by molar-refractivity contribution is 5.96. The Hall–Kier alpha value is -1.32. The predicted molar refractivity (Wildman–Crippen MR) is 46.6 cm³/mol. The lowest BCUT2D eigenvalue weighted by Gasteiger charge is -2.25. The lowest BCUT2D eigenvalue weighted by Crippen LogP contribution is -2.51. The second kappa shape index (κ2) is 4.54. The molecule has 0 radical (unpaired) electrons. The number of nitrogens with one attached hydrogen (secondary N) is 1. The molecule has 0 aromatic carbocycles. The van der Waals surface area contributed by atoms with Crippen LogP contribution in [0.2, 0.25) is 0 Å². The molecule has 0 aromatic heterocycles.